The smallest absolute Gasteiger partial charge is 0.320 e. The van der Waals surface area contributed by atoms with Gasteiger partial charge in [-0.15, -0.1) is 0 Å². The van der Waals surface area contributed by atoms with Crippen LogP contribution in [0.4, 0.5) is 17.3 Å². The molecule has 2 aliphatic heterocycles. The van der Waals surface area contributed by atoms with E-state index < -0.39 is 6.17 Å². The molecule has 0 aliphatic carbocycles. The van der Waals surface area contributed by atoms with Crippen LogP contribution in [0, 0.1) is 0 Å². The molecule has 1 saturated heterocycles. The van der Waals surface area contributed by atoms with Gasteiger partial charge in [0.15, 0.2) is 24.1 Å². The summed E-state index contributed by atoms with van der Waals surface area (Å²) in [7, 11) is 0. The Morgan fingerprint density at radius 2 is 2.03 bits per heavy atom. The van der Waals surface area contributed by atoms with Crippen molar-refractivity contribution in [3.05, 3.63) is 35.4 Å². The van der Waals surface area contributed by atoms with E-state index in [0.29, 0.717) is 24.7 Å². The zero-order chi connectivity index (χ0) is 21.6. The Morgan fingerprint density at radius 1 is 1.26 bits per heavy atom. The van der Waals surface area contributed by atoms with E-state index in [2.05, 4.69) is 51.4 Å². The zero-order valence-electron chi connectivity index (χ0n) is 17.9. The summed E-state index contributed by atoms with van der Waals surface area (Å²) in [5, 5.41) is 3.13. The fourth-order valence-electron chi connectivity index (χ4n) is 3.84. The van der Waals surface area contributed by atoms with Crippen molar-refractivity contribution in [2.75, 3.05) is 48.9 Å². The lowest BCUT2D eigenvalue weighted by Gasteiger charge is -2.27. The van der Waals surface area contributed by atoms with Crippen LogP contribution in [-0.4, -0.2) is 60.2 Å². The number of fused-ring (bicyclic) bond motifs is 1. The molecule has 0 amide bonds. The molecule has 31 heavy (non-hydrogen) atoms. The summed E-state index contributed by atoms with van der Waals surface area (Å²) >= 11 is 0. The van der Waals surface area contributed by atoms with Crippen molar-refractivity contribution in [2.24, 2.45) is 0 Å². The standard InChI is InChI=1S/C22H30N6O3/c1-2-3-9-31-22-25-20(23)19-21(26-22)28(18(15-29)24-19)14-17-6-4-5-16(12-17)13-27-7-10-30-11-8-27/h4-6,12,15,18,24H,2-3,7-11,13-14H2,1H3,(H2,23,25,26). The van der Waals surface area contributed by atoms with Crippen molar-refractivity contribution in [3.8, 4) is 6.01 Å². The summed E-state index contributed by atoms with van der Waals surface area (Å²) in [5.74, 6) is 0.876. The zero-order valence-corrected chi connectivity index (χ0v) is 17.9. The van der Waals surface area contributed by atoms with Gasteiger partial charge in [-0.3, -0.25) is 9.69 Å². The van der Waals surface area contributed by atoms with Gasteiger partial charge in [0.25, 0.3) is 0 Å². The summed E-state index contributed by atoms with van der Waals surface area (Å²) in [6.07, 6.45) is 2.23. The van der Waals surface area contributed by atoms with Crippen LogP contribution >= 0.6 is 0 Å². The van der Waals surface area contributed by atoms with Gasteiger partial charge in [0.05, 0.1) is 19.8 Å². The predicted molar refractivity (Wildman–Crippen MR) is 119 cm³/mol. The van der Waals surface area contributed by atoms with Gasteiger partial charge in [-0.25, -0.2) is 0 Å². The van der Waals surface area contributed by atoms with Crippen LogP contribution in [0.15, 0.2) is 24.3 Å². The Balaban J connectivity index is 1.52. The van der Waals surface area contributed by atoms with Gasteiger partial charge in [0.1, 0.15) is 5.69 Å². The van der Waals surface area contributed by atoms with Gasteiger partial charge in [-0.1, -0.05) is 37.6 Å². The van der Waals surface area contributed by atoms with E-state index in [9.17, 15) is 4.79 Å². The van der Waals surface area contributed by atoms with Gasteiger partial charge in [0, 0.05) is 26.2 Å². The van der Waals surface area contributed by atoms with Crippen molar-refractivity contribution in [2.45, 2.75) is 39.0 Å². The Hall–Kier alpha value is -2.91. The molecule has 9 nitrogen and oxygen atoms in total. The third-order valence-electron chi connectivity index (χ3n) is 5.51. The maximum Gasteiger partial charge on any atom is 0.320 e. The highest BCUT2D eigenvalue weighted by Gasteiger charge is 2.33. The maximum atomic E-state index is 11.8. The Kier molecular flexibility index (Phi) is 6.83. The lowest BCUT2D eigenvalue weighted by atomic mass is 10.1. The number of nitrogen functional groups attached to an aromatic ring is 1. The minimum Gasteiger partial charge on any atom is -0.463 e. The van der Waals surface area contributed by atoms with Gasteiger partial charge in [0.2, 0.25) is 0 Å². The third kappa shape index (κ3) is 5.05. The molecule has 2 aromatic rings. The molecule has 1 aromatic heterocycles. The van der Waals surface area contributed by atoms with Crippen LogP contribution in [0.25, 0.3) is 0 Å². The molecule has 1 aromatic carbocycles. The fraction of sp³-hybridized carbons (Fsp3) is 0.500. The lowest BCUT2D eigenvalue weighted by Crippen LogP contribution is -2.37. The van der Waals surface area contributed by atoms with Crippen molar-refractivity contribution in [1.82, 2.24) is 14.9 Å². The lowest BCUT2D eigenvalue weighted by molar-refractivity contribution is -0.108. The summed E-state index contributed by atoms with van der Waals surface area (Å²) < 4.78 is 11.1. The second-order valence-electron chi connectivity index (χ2n) is 7.85. The van der Waals surface area contributed by atoms with E-state index in [1.54, 1.807) is 0 Å². The molecule has 2 aliphatic rings. The number of nitrogens with zero attached hydrogens (tertiary/aromatic N) is 4. The summed E-state index contributed by atoms with van der Waals surface area (Å²) in [5.41, 5.74) is 9.03. The maximum absolute atomic E-state index is 11.8. The van der Waals surface area contributed by atoms with E-state index in [4.69, 9.17) is 15.2 Å². The monoisotopic (exact) mass is 426 g/mol. The van der Waals surface area contributed by atoms with Crippen LogP contribution in [0.3, 0.4) is 0 Å². The number of carbonyl (C=O) groups excluding carboxylic acids is 1. The summed E-state index contributed by atoms with van der Waals surface area (Å²) in [6, 6.07) is 8.67. The minimum absolute atomic E-state index is 0.240. The van der Waals surface area contributed by atoms with Crippen LogP contribution < -0.4 is 20.7 Å². The first-order chi connectivity index (χ1) is 15.2. The highest BCUT2D eigenvalue weighted by atomic mass is 16.5. The second-order valence-corrected chi connectivity index (χ2v) is 7.85. The van der Waals surface area contributed by atoms with Gasteiger partial charge < -0.3 is 25.4 Å². The number of nitrogens with two attached hydrogens (primary N) is 1. The third-order valence-corrected chi connectivity index (χ3v) is 5.51. The number of aldehydes is 1. The molecule has 9 heteroatoms. The Bertz CT molecular complexity index is 903. The number of benzene rings is 1. The normalized spacial score (nSPS) is 18.5. The Labute approximate surface area is 182 Å². The first kappa shape index (κ1) is 21.3. The predicted octanol–water partition coefficient (Wildman–Crippen LogP) is 2.03. The van der Waals surface area contributed by atoms with Crippen LogP contribution in [-0.2, 0) is 22.6 Å². The number of hydrogen-bond acceptors (Lipinski definition) is 9. The van der Waals surface area contributed by atoms with Gasteiger partial charge >= 0.3 is 6.01 Å². The quantitative estimate of drug-likeness (QED) is 0.460. The van der Waals surface area contributed by atoms with E-state index in [1.807, 2.05) is 4.90 Å². The molecule has 166 valence electrons. The van der Waals surface area contributed by atoms with E-state index in [-0.39, 0.29) is 11.8 Å². The molecular formula is C22H30N6O3. The average Bonchev–Trinajstić information content (AvgIpc) is 3.13. The SMILES string of the molecule is CCCCOc1nc(N)c2c(n1)N(Cc1cccc(CN3CCOCC3)c1)C(C=O)N2. The van der Waals surface area contributed by atoms with Crippen molar-refractivity contribution < 1.29 is 14.3 Å². The van der Waals surface area contributed by atoms with Crippen LogP contribution in [0.5, 0.6) is 6.01 Å². The van der Waals surface area contributed by atoms with Gasteiger partial charge in [-0.05, 0) is 17.5 Å². The fourth-order valence-corrected chi connectivity index (χ4v) is 3.84. The molecule has 0 bridgehead atoms. The second kappa shape index (κ2) is 9.93. The molecule has 0 radical (unpaired) electrons. The molecule has 1 fully saturated rings. The number of anilines is 3. The average molecular weight is 427 g/mol. The molecule has 3 heterocycles. The molecule has 3 N–H and O–H groups in total. The number of nitrogens with one attached hydrogen (secondary N) is 1. The number of rotatable bonds is 9. The molecule has 4 rings (SSSR count). The highest BCUT2D eigenvalue weighted by Crippen LogP contribution is 2.38. The highest BCUT2D eigenvalue weighted by molar-refractivity contribution is 5.87. The van der Waals surface area contributed by atoms with E-state index in [1.165, 1.54) is 5.56 Å². The first-order valence-electron chi connectivity index (χ1n) is 10.8. The van der Waals surface area contributed by atoms with Crippen molar-refractivity contribution in [1.29, 1.82) is 0 Å². The topological polar surface area (TPSA) is 106 Å². The van der Waals surface area contributed by atoms with E-state index >= 15 is 0 Å². The largest absolute Gasteiger partial charge is 0.463 e. The molecular weight excluding hydrogens is 396 g/mol. The number of aromatic nitrogens is 2. The summed E-state index contributed by atoms with van der Waals surface area (Å²) in [6.45, 7) is 7.47. The number of hydrogen-bond donors (Lipinski definition) is 2. The molecule has 0 spiro atoms. The number of unbranched alkanes of at least 4 members (excludes halogenated alkanes) is 1. The number of morpholine rings is 1. The minimum atomic E-state index is -0.555. The number of carbonyl (C=O) groups is 1. The molecule has 0 saturated carbocycles. The molecule has 1 unspecified atom stereocenters. The Morgan fingerprint density at radius 3 is 2.77 bits per heavy atom. The van der Waals surface area contributed by atoms with Crippen LogP contribution in [0.2, 0.25) is 0 Å². The summed E-state index contributed by atoms with van der Waals surface area (Å²) in [4.78, 5) is 24.8. The van der Waals surface area contributed by atoms with E-state index in [0.717, 1.165) is 57.5 Å². The van der Waals surface area contributed by atoms with Crippen LogP contribution in [0.1, 0.15) is 30.9 Å². The first-order valence-corrected chi connectivity index (χ1v) is 10.8. The van der Waals surface area contributed by atoms with Crippen molar-refractivity contribution >= 4 is 23.6 Å². The van der Waals surface area contributed by atoms with Gasteiger partial charge in [-0.2, -0.15) is 9.97 Å². The van der Waals surface area contributed by atoms with Crippen molar-refractivity contribution in [3.63, 3.8) is 0 Å². The molecule has 1 atom stereocenters. The number of ether oxygens (including phenoxy) is 2.